The molecule has 17 heavy (non-hydrogen) atoms. The third-order valence-corrected chi connectivity index (χ3v) is 4.28. The van der Waals surface area contributed by atoms with Gasteiger partial charge in [-0.2, -0.15) is 0 Å². The first-order valence-electron chi connectivity index (χ1n) is 5.31. The van der Waals surface area contributed by atoms with Gasteiger partial charge in [0.25, 0.3) is 0 Å². The molecule has 0 amide bonds. The molecule has 0 saturated carbocycles. The first-order chi connectivity index (χ1) is 8.13. The molecule has 0 aliphatic heterocycles. The zero-order chi connectivity index (χ0) is 12.3. The van der Waals surface area contributed by atoms with E-state index >= 15 is 0 Å². The lowest BCUT2D eigenvalue weighted by Gasteiger charge is -2.15. The van der Waals surface area contributed by atoms with Crippen molar-refractivity contribution >= 4 is 38.9 Å². The first-order valence-corrected chi connectivity index (χ1v) is 7.29. The van der Waals surface area contributed by atoms with Gasteiger partial charge in [0.1, 0.15) is 0 Å². The van der Waals surface area contributed by atoms with Gasteiger partial charge in [-0.3, -0.25) is 4.90 Å². The first kappa shape index (κ1) is 13.1. The van der Waals surface area contributed by atoms with E-state index in [0.717, 1.165) is 18.1 Å². The van der Waals surface area contributed by atoms with Gasteiger partial charge in [-0.15, -0.1) is 11.3 Å². The quantitative estimate of drug-likeness (QED) is 0.778. The number of benzene rings is 1. The highest BCUT2D eigenvalue weighted by Gasteiger charge is 2.04. The van der Waals surface area contributed by atoms with E-state index < -0.39 is 0 Å². The number of nitrogens with zero attached hydrogens (tertiary/aromatic N) is 1. The SMILES string of the molecule is CN(Cc1ccc(Cl)cc1)Cc1ccc(Br)s1. The molecule has 0 aliphatic carbocycles. The van der Waals surface area contributed by atoms with E-state index in [1.807, 2.05) is 12.1 Å². The maximum absolute atomic E-state index is 5.86. The lowest BCUT2D eigenvalue weighted by atomic mass is 10.2. The van der Waals surface area contributed by atoms with Crippen molar-refractivity contribution in [1.29, 1.82) is 0 Å². The van der Waals surface area contributed by atoms with E-state index in [-0.39, 0.29) is 0 Å². The van der Waals surface area contributed by atoms with Gasteiger partial charge < -0.3 is 0 Å². The molecule has 1 aromatic heterocycles. The molecule has 0 radical (unpaired) electrons. The molecule has 1 nitrogen and oxygen atoms in total. The Morgan fingerprint density at radius 1 is 1.12 bits per heavy atom. The van der Waals surface area contributed by atoms with Crippen LogP contribution < -0.4 is 0 Å². The molecule has 0 fully saturated rings. The van der Waals surface area contributed by atoms with E-state index in [4.69, 9.17) is 11.6 Å². The van der Waals surface area contributed by atoms with Crippen molar-refractivity contribution < 1.29 is 0 Å². The van der Waals surface area contributed by atoms with Gasteiger partial charge in [-0.1, -0.05) is 23.7 Å². The highest BCUT2D eigenvalue weighted by atomic mass is 79.9. The van der Waals surface area contributed by atoms with E-state index in [1.54, 1.807) is 11.3 Å². The predicted molar refractivity (Wildman–Crippen MR) is 78.6 cm³/mol. The standard InChI is InChI=1S/C13H13BrClNS/c1-16(9-12-6-7-13(14)17-12)8-10-2-4-11(15)5-3-10/h2-7H,8-9H2,1H3. The molecule has 0 N–H and O–H groups in total. The molecule has 0 aliphatic rings. The molecule has 0 bridgehead atoms. The highest BCUT2D eigenvalue weighted by Crippen LogP contribution is 2.23. The molecule has 0 spiro atoms. The molecule has 1 heterocycles. The topological polar surface area (TPSA) is 3.24 Å². The summed E-state index contributed by atoms with van der Waals surface area (Å²) in [7, 11) is 2.13. The zero-order valence-corrected chi connectivity index (χ0v) is 12.6. The van der Waals surface area contributed by atoms with Gasteiger partial charge in [0, 0.05) is 23.0 Å². The number of halogens is 2. The summed E-state index contributed by atoms with van der Waals surface area (Å²) in [5.74, 6) is 0. The second-order valence-corrected chi connectivity index (χ2v) is 6.99. The van der Waals surface area contributed by atoms with Crippen LogP contribution in [0.5, 0.6) is 0 Å². The maximum atomic E-state index is 5.86. The van der Waals surface area contributed by atoms with Crippen molar-refractivity contribution in [3.63, 3.8) is 0 Å². The Balaban J connectivity index is 1.93. The van der Waals surface area contributed by atoms with Crippen LogP contribution in [0.25, 0.3) is 0 Å². The van der Waals surface area contributed by atoms with Gasteiger partial charge in [0.15, 0.2) is 0 Å². The summed E-state index contributed by atoms with van der Waals surface area (Å²) in [6, 6.07) is 12.3. The van der Waals surface area contributed by atoms with Crippen LogP contribution in [0.3, 0.4) is 0 Å². The Hall–Kier alpha value is -0.350. The molecule has 0 saturated heterocycles. The second kappa shape index (κ2) is 6.01. The monoisotopic (exact) mass is 329 g/mol. The van der Waals surface area contributed by atoms with E-state index in [9.17, 15) is 0 Å². The summed E-state index contributed by atoms with van der Waals surface area (Å²) in [4.78, 5) is 3.66. The molecule has 0 atom stereocenters. The van der Waals surface area contributed by atoms with Gasteiger partial charge in [0.2, 0.25) is 0 Å². The molecular weight excluding hydrogens is 318 g/mol. The Kier molecular flexibility index (Phi) is 4.62. The van der Waals surface area contributed by atoms with E-state index in [0.29, 0.717) is 0 Å². The van der Waals surface area contributed by atoms with Crippen molar-refractivity contribution in [2.75, 3.05) is 7.05 Å². The van der Waals surface area contributed by atoms with E-state index in [2.05, 4.69) is 52.1 Å². The average Bonchev–Trinajstić information content (AvgIpc) is 2.67. The van der Waals surface area contributed by atoms with Crippen molar-refractivity contribution in [2.45, 2.75) is 13.1 Å². The van der Waals surface area contributed by atoms with Crippen LogP contribution in [0.1, 0.15) is 10.4 Å². The van der Waals surface area contributed by atoms with Gasteiger partial charge in [-0.25, -0.2) is 0 Å². The lowest BCUT2D eigenvalue weighted by molar-refractivity contribution is 0.322. The van der Waals surface area contributed by atoms with Crippen LogP contribution in [0.15, 0.2) is 40.2 Å². The molecule has 90 valence electrons. The third-order valence-electron chi connectivity index (χ3n) is 2.42. The number of hydrogen-bond donors (Lipinski definition) is 0. The Morgan fingerprint density at radius 2 is 1.82 bits per heavy atom. The van der Waals surface area contributed by atoms with Crippen LogP contribution in [0.4, 0.5) is 0 Å². The molecule has 0 unspecified atom stereocenters. The van der Waals surface area contributed by atoms with Crippen molar-refractivity contribution in [2.24, 2.45) is 0 Å². The summed E-state index contributed by atoms with van der Waals surface area (Å²) in [5, 5.41) is 0.790. The fourth-order valence-corrected chi connectivity index (χ4v) is 3.35. The van der Waals surface area contributed by atoms with Crippen LogP contribution in [0.2, 0.25) is 5.02 Å². The van der Waals surface area contributed by atoms with Crippen LogP contribution in [-0.2, 0) is 13.1 Å². The molecule has 4 heteroatoms. The van der Waals surface area contributed by atoms with Crippen LogP contribution in [-0.4, -0.2) is 11.9 Å². The average molecular weight is 331 g/mol. The fraction of sp³-hybridized carbons (Fsp3) is 0.231. The summed E-state index contributed by atoms with van der Waals surface area (Å²) in [5.41, 5.74) is 1.28. The van der Waals surface area contributed by atoms with Crippen LogP contribution in [0, 0.1) is 0 Å². The molecule has 1 aromatic carbocycles. The van der Waals surface area contributed by atoms with Crippen molar-refractivity contribution in [1.82, 2.24) is 4.90 Å². The minimum atomic E-state index is 0.790. The molecule has 2 rings (SSSR count). The Bertz CT molecular complexity index is 480. The smallest absolute Gasteiger partial charge is 0.0701 e. The summed E-state index contributed by atoms with van der Waals surface area (Å²) >= 11 is 11.1. The second-order valence-electron chi connectivity index (χ2n) is 4.00. The summed E-state index contributed by atoms with van der Waals surface area (Å²) < 4.78 is 1.19. The third kappa shape index (κ3) is 4.11. The summed E-state index contributed by atoms with van der Waals surface area (Å²) in [6.07, 6.45) is 0. The van der Waals surface area contributed by atoms with Gasteiger partial charge in [0.05, 0.1) is 3.79 Å². The largest absolute Gasteiger partial charge is 0.297 e. The number of hydrogen-bond acceptors (Lipinski definition) is 2. The summed E-state index contributed by atoms with van der Waals surface area (Å²) in [6.45, 7) is 1.91. The lowest BCUT2D eigenvalue weighted by Crippen LogP contribution is -2.16. The maximum Gasteiger partial charge on any atom is 0.0701 e. The minimum Gasteiger partial charge on any atom is -0.297 e. The molecule has 2 aromatic rings. The number of thiophene rings is 1. The molecular formula is C13H13BrClNS. The van der Waals surface area contributed by atoms with Crippen molar-refractivity contribution in [3.8, 4) is 0 Å². The van der Waals surface area contributed by atoms with Gasteiger partial charge in [-0.05, 0) is 52.8 Å². The Labute approximate surface area is 119 Å². The fourth-order valence-electron chi connectivity index (χ4n) is 1.66. The Morgan fingerprint density at radius 3 is 2.41 bits per heavy atom. The van der Waals surface area contributed by atoms with Gasteiger partial charge >= 0.3 is 0 Å². The van der Waals surface area contributed by atoms with Crippen LogP contribution >= 0.6 is 38.9 Å². The van der Waals surface area contributed by atoms with Crippen molar-refractivity contribution in [3.05, 3.63) is 55.6 Å². The minimum absolute atomic E-state index is 0.790. The van der Waals surface area contributed by atoms with E-state index in [1.165, 1.54) is 14.2 Å². The number of rotatable bonds is 4. The zero-order valence-electron chi connectivity index (χ0n) is 9.49. The predicted octanol–water partition coefficient (Wildman–Crippen LogP) is 4.80. The normalized spacial score (nSPS) is 11.1. The highest BCUT2D eigenvalue weighted by molar-refractivity contribution is 9.11.